The van der Waals surface area contributed by atoms with Gasteiger partial charge in [0.1, 0.15) is 6.54 Å². The van der Waals surface area contributed by atoms with Crippen LogP contribution in [0.15, 0.2) is 22.5 Å². The standard InChI is InChI=1S/C19H31N5OS.HI/c1-22(2)18(25)13-21-19(20-12-17-6-5-11-26-17)24-10-7-16(15-24)14-23-8-3-4-9-23;/h5-6,11,16H,3-4,7-10,12-15H2,1-2H3,(H,20,21);1H. The Morgan fingerprint density at radius 3 is 2.78 bits per heavy atom. The predicted molar refractivity (Wildman–Crippen MR) is 123 cm³/mol. The van der Waals surface area contributed by atoms with E-state index in [4.69, 9.17) is 0 Å². The average molecular weight is 505 g/mol. The van der Waals surface area contributed by atoms with Crippen LogP contribution in [0.25, 0.3) is 0 Å². The van der Waals surface area contributed by atoms with Gasteiger partial charge in [-0.05, 0) is 49.7 Å². The van der Waals surface area contributed by atoms with Crippen molar-refractivity contribution < 1.29 is 4.79 Å². The highest BCUT2D eigenvalue weighted by Gasteiger charge is 2.27. The first-order valence-corrected chi connectivity index (χ1v) is 10.5. The molecule has 0 aliphatic carbocycles. The molecule has 1 N–H and O–H groups in total. The van der Waals surface area contributed by atoms with Crippen LogP contribution in [0.2, 0.25) is 0 Å². The van der Waals surface area contributed by atoms with Gasteiger partial charge in [-0.1, -0.05) is 6.07 Å². The maximum absolute atomic E-state index is 12.0. The molecule has 2 fully saturated rings. The molecule has 8 heteroatoms. The summed E-state index contributed by atoms with van der Waals surface area (Å²) in [6, 6.07) is 4.19. The van der Waals surface area contributed by atoms with E-state index in [0.717, 1.165) is 25.6 Å². The van der Waals surface area contributed by atoms with Crippen molar-refractivity contribution in [2.24, 2.45) is 10.9 Å². The number of hydrogen-bond acceptors (Lipinski definition) is 4. The number of carbonyl (C=O) groups is 1. The third-order valence-electron chi connectivity index (χ3n) is 5.16. The number of likely N-dealkylation sites (N-methyl/N-ethyl adjacent to an activating group) is 1. The zero-order valence-corrected chi connectivity index (χ0v) is 19.5. The number of aliphatic imine (C=N–C) groups is 1. The Bertz CT molecular complexity index is 601. The fourth-order valence-electron chi connectivity index (χ4n) is 3.64. The molecule has 2 aliphatic heterocycles. The van der Waals surface area contributed by atoms with Gasteiger partial charge in [-0.3, -0.25) is 4.79 Å². The van der Waals surface area contributed by atoms with Crippen molar-refractivity contribution in [3.05, 3.63) is 22.4 Å². The molecule has 1 aromatic heterocycles. The number of rotatable bonds is 6. The first kappa shape index (κ1) is 22.4. The molecule has 2 aliphatic rings. The van der Waals surface area contributed by atoms with E-state index < -0.39 is 0 Å². The number of hydrogen-bond donors (Lipinski definition) is 1. The van der Waals surface area contributed by atoms with Gasteiger partial charge in [-0.15, -0.1) is 35.3 Å². The largest absolute Gasteiger partial charge is 0.351 e. The Labute approximate surface area is 184 Å². The van der Waals surface area contributed by atoms with Crippen molar-refractivity contribution in [2.75, 3.05) is 53.4 Å². The first-order chi connectivity index (χ1) is 12.6. The van der Waals surface area contributed by atoms with Crippen LogP contribution >= 0.6 is 35.3 Å². The zero-order valence-electron chi connectivity index (χ0n) is 16.4. The summed E-state index contributed by atoms with van der Waals surface area (Å²) in [5.41, 5.74) is 0. The Hall–Kier alpha value is -0.870. The van der Waals surface area contributed by atoms with Crippen molar-refractivity contribution in [1.29, 1.82) is 0 Å². The number of guanidine groups is 1. The monoisotopic (exact) mass is 505 g/mol. The van der Waals surface area contributed by atoms with E-state index >= 15 is 0 Å². The molecule has 1 aromatic rings. The van der Waals surface area contributed by atoms with E-state index in [0.29, 0.717) is 5.92 Å². The van der Waals surface area contributed by atoms with Crippen molar-refractivity contribution in [2.45, 2.75) is 25.8 Å². The van der Waals surface area contributed by atoms with Crippen molar-refractivity contribution in [1.82, 2.24) is 20.0 Å². The molecule has 0 spiro atoms. The second kappa shape index (κ2) is 11.2. The molecule has 0 aromatic carbocycles. The van der Waals surface area contributed by atoms with Gasteiger partial charge < -0.3 is 20.0 Å². The molecule has 1 atom stereocenters. The summed E-state index contributed by atoms with van der Waals surface area (Å²) >= 11 is 1.74. The van der Waals surface area contributed by atoms with Crippen LogP contribution in [-0.4, -0.2) is 79.9 Å². The highest BCUT2D eigenvalue weighted by atomic mass is 127. The van der Waals surface area contributed by atoms with Gasteiger partial charge in [0.2, 0.25) is 5.91 Å². The molecule has 2 saturated heterocycles. The molecule has 27 heavy (non-hydrogen) atoms. The van der Waals surface area contributed by atoms with Gasteiger partial charge in [-0.25, -0.2) is 4.99 Å². The van der Waals surface area contributed by atoms with Crippen LogP contribution in [-0.2, 0) is 11.3 Å². The number of halogens is 1. The minimum atomic E-state index is 0. The van der Waals surface area contributed by atoms with Crippen molar-refractivity contribution in [3.63, 3.8) is 0 Å². The highest BCUT2D eigenvalue weighted by molar-refractivity contribution is 14.0. The smallest absolute Gasteiger partial charge is 0.243 e. The van der Waals surface area contributed by atoms with Gasteiger partial charge in [-0.2, -0.15) is 0 Å². The van der Waals surface area contributed by atoms with Crippen LogP contribution in [0, 0.1) is 5.92 Å². The van der Waals surface area contributed by atoms with Crippen LogP contribution in [0.3, 0.4) is 0 Å². The van der Waals surface area contributed by atoms with Gasteiger partial charge in [0.05, 0.1) is 6.54 Å². The van der Waals surface area contributed by atoms with Crippen LogP contribution < -0.4 is 5.32 Å². The molecule has 1 unspecified atom stereocenters. The zero-order chi connectivity index (χ0) is 18.4. The lowest BCUT2D eigenvalue weighted by Gasteiger charge is -2.23. The van der Waals surface area contributed by atoms with Crippen molar-refractivity contribution in [3.8, 4) is 0 Å². The molecule has 3 heterocycles. The van der Waals surface area contributed by atoms with E-state index in [-0.39, 0.29) is 36.4 Å². The molecule has 1 amide bonds. The summed E-state index contributed by atoms with van der Waals surface area (Å²) in [6.45, 7) is 6.73. The molecule has 6 nitrogen and oxygen atoms in total. The summed E-state index contributed by atoms with van der Waals surface area (Å²) in [5, 5.41) is 5.56. The summed E-state index contributed by atoms with van der Waals surface area (Å²) < 4.78 is 0. The van der Waals surface area contributed by atoms with Gasteiger partial charge in [0.25, 0.3) is 0 Å². The molecule has 3 rings (SSSR count). The van der Waals surface area contributed by atoms with Crippen LogP contribution in [0.1, 0.15) is 24.1 Å². The summed E-state index contributed by atoms with van der Waals surface area (Å²) in [4.78, 5) is 24.4. The SMILES string of the molecule is CN(C)C(=O)CN=C(NCc1cccs1)N1CCC(CN2CCCC2)C1.I. The second-order valence-corrected chi connectivity index (χ2v) is 8.50. The fourth-order valence-corrected chi connectivity index (χ4v) is 4.28. The number of nitrogens with one attached hydrogen (secondary N) is 1. The highest BCUT2D eigenvalue weighted by Crippen LogP contribution is 2.20. The molecule has 0 bridgehead atoms. The van der Waals surface area contributed by atoms with Crippen molar-refractivity contribution >= 4 is 47.2 Å². The number of thiophene rings is 1. The number of amides is 1. The summed E-state index contributed by atoms with van der Waals surface area (Å²) in [7, 11) is 3.55. The second-order valence-electron chi connectivity index (χ2n) is 7.47. The maximum Gasteiger partial charge on any atom is 0.243 e. The maximum atomic E-state index is 12.0. The molecular formula is C19H32IN5OS. The Morgan fingerprint density at radius 1 is 1.33 bits per heavy atom. The minimum Gasteiger partial charge on any atom is -0.351 e. The number of nitrogens with zero attached hydrogens (tertiary/aromatic N) is 4. The predicted octanol–water partition coefficient (Wildman–Crippen LogP) is 2.32. The molecular weight excluding hydrogens is 473 g/mol. The van der Waals surface area contributed by atoms with Gasteiger partial charge in [0, 0.05) is 38.6 Å². The lowest BCUT2D eigenvalue weighted by atomic mass is 10.1. The number of carbonyl (C=O) groups excluding carboxylic acids is 1. The molecule has 152 valence electrons. The third kappa shape index (κ3) is 6.90. The first-order valence-electron chi connectivity index (χ1n) is 9.60. The lowest BCUT2D eigenvalue weighted by Crippen LogP contribution is -2.41. The topological polar surface area (TPSA) is 51.2 Å². The van der Waals surface area contributed by atoms with Crippen LogP contribution in [0.5, 0.6) is 0 Å². The summed E-state index contributed by atoms with van der Waals surface area (Å²) in [6.07, 6.45) is 3.90. The quantitative estimate of drug-likeness (QED) is 0.367. The molecule has 0 saturated carbocycles. The van der Waals surface area contributed by atoms with Gasteiger partial charge >= 0.3 is 0 Å². The normalized spacial score (nSPS) is 20.6. The van der Waals surface area contributed by atoms with E-state index in [2.05, 4.69) is 37.6 Å². The van der Waals surface area contributed by atoms with E-state index in [1.165, 1.54) is 43.8 Å². The van der Waals surface area contributed by atoms with Crippen LogP contribution in [0.4, 0.5) is 0 Å². The Morgan fingerprint density at radius 2 is 2.11 bits per heavy atom. The fraction of sp³-hybridized carbons (Fsp3) is 0.684. The Kier molecular flexibility index (Phi) is 9.31. The molecule has 0 radical (unpaired) electrons. The number of likely N-dealkylation sites (tertiary alicyclic amines) is 2. The minimum absolute atomic E-state index is 0. The summed E-state index contributed by atoms with van der Waals surface area (Å²) in [5.74, 6) is 1.61. The third-order valence-corrected chi connectivity index (χ3v) is 6.04. The average Bonchev–Trinajstić information content (AvgIpc) is 3.37. The Balaban J connectivity index is 0.00000261. The van der Waals surface area contributed by atoms with Gasteiger partial charge in [0.15, 0.2) is 5.96 Å². The lowest BCUT2D eigenvalue weighted by molar-refractivity contribution is -0.127. The van der Waals surface area contributed by atoms with E-state index in [9.17, 15) is 4.79 Å². The van der Waals surface area contributed by atoms with E-state index in [1.807, 2.05) is 0 Å². The van der Waals surface area contributed by atoms with E-state index in [1.54, 1.807) is 30.3 Å².